The molecule has 0 spiro atoms. The first-order chi connectivity index (χ1) is 8.56. The Balaban J connectivity index is 1.90. The van der Waals surface area contributed by atoms with Gasteiger partial charge < -0.3 is 19.7 Å². The van der Waals surface area contributed by atoms with Crippen LogP contribution in [-0.2, 0) is 0 Å². The van der Waals surface area contributed by atoms with Crippen LogP contribution in [0.1, 0.15) is 42.1 Å². The second kappa shape index (κ2) is 5.54. The molecule has 2 heterocycles. The number of hydrogen-bond acceptors (Lipinski definition) is 4. The molecule has 1 aliphatic heterocycles. The predicted octanol–water partition coefficient (Wildman–Crippen LogP) is 1.72. The summed E-state index contributed by atoms with van der Waals surface area (Å²) in [6.07, 6.45) is 2.24. The molecular weight excluding hydrogens is 232 g/mol. The molecule has 1 fully saturated rings. The molecule has 0 saturated carbocycles. The molecule has 0 aromatic carbocycles. The molecule has 0 amide bonds. The molecule has 18 heavy (non-hydrogen) atoms. The minimum absolute atomic E-state index is 0.00188. The molecule has 1 unspecified atom stereocenters. The molecule has 1 aromatic rings. The van der Waals surface area contributed by atoms with Crippen molar-refractivity contribution >= 4 is 5.97 Å². The Morgan fingerprint density at radius 3 is 2.72 bits per heavy atom. The van der Waals surface area contributed by atoms with Crippen molar-refractivity contribution in [2.45, 2.75) is 31.8 Å². The molecule has 5 heteroatoms. The Morgan fingerprint density at radius 2 is 2.17 bits per heavy atom. The Hall–Kier alpha value is -1.33. The second-order valence-electron chi connectivity index (χ2n) is 4.97. The summed E-state index contributed by atoms with van der Waals surface area (Å²) in [6, 6.07) is 3.77. The zero-order chi connectivity index (χ0) is 13.1. The fourth-order valence-electron chi connectivity index (χ4n) is 2.31. The van der Waals surface area contributed by atoms with E-state index in [1.807, 2.05) is 6.92 Å². The van der Waals surface area contributed by atoms with Crippen molar-refractivity contribution in [3.8, 4) is 0 Å². The number of nitrogens with zero attached hydrogens (tertiary/aromatic N) is 1. The number of rotatable bonds is 4. The highest BCUT2D eigenvalue weighted by Crippen LogP contribution is 2.19. The van der Waals surface area contributed by atoms with E-state index in [0.29, 0.717) is 11.8 Å². The standard InChI is InChI=1S/C13H20N2O3/c1-9(11-3-4-12(18-11)13(16)17)14-10-5-7-15(2)8-6-10/h3-4,9-10,14H,5-8H2,1-2H3,(H,16,17). The number of piperidine rings is 1. The quantitative estimate of drug-likeness (QED) is 0.854. The van der Waals surface area contributed by atoms with Gasteiger partial charge in [0.2, 0.25) is 5.76 Å². The van der Waals surface area contributed by atoms with E-state index in [-0.39, 0.29) is 11.8 Å². The van der Waals surface area contributed by atoms with E-state index in [1.54, 1.807) is 6.07 Å². The van der Waals surface area contributed by atoms with Crippen molar-refractivity contribution in [1.82, 2.24) is 10.2 Å². The van der Waals surface area contributed by atoms with Crippen molar-refractivity contribution in [2.75, 3.05) is 20.1 Å². The zero-order valence-electron chi connectivity index (χ0n) is 10.8. The van der Waals surface area contributed by atoms with E-state index in [0.717, 1.165) is 25.9 Å². The van der Waals surface area contributed by atoms with Crippen LogP contribution >= 0.6 is 0 Å². The maximum Gasteiger partial charge on any atom is 0.371 e. The van der Waals surface area contributed by atoms with Crippen LogP contribution in [0.15, 0.2) is 16.5 Å². The van der Waals surface area contributed by atoms with Gasteiger partial charge in [0.15, 0.2) is 0 Å². The molecule has 1 aromatic heterocycles. The third-order valence-corrected chi connectivity index (χ3v) is 3.47. The second-order valence-corrected chi connectivity index (χ2v) is 4.97. The maximum atomic E-state index is 10.7. The summed E-state index contributed by atoms with van der Waals surface area (Å²) in [4.78, 5) is 13.1. The summed E-state index contributed by atoms with van der Waals surface area (Å²) in [5.74, 6) is -0.332. The van der Waals surface area contributed by atoms with Crippen LogP contribution in [0.25, 0.3) is 0 Å². The lowest BCUT2D eigenvalue weighted by Gasteiger charge is -2.31. The van der Waals surface area contributed by atoms with Gasteiger partial charge in [0, 0.05) is 6.04 Å². The van der Waals surface area contributed by atoms with E-state index in [1.165, 1.54) is 6.07 Å². The summed E-state index contributed by atoms with van der Waals surface area (Å²) in [5.41, 5.74) is 0. The lowest BCUT2D eigenvalue weighted by atomic mass is 10.0. The van der Waals surface area contributed by atoms with Crippen LogP contribution in [0, 0.1) is 0 Å². The molecule has 2 rings (SSSR count). The molecule has 1 saturated heterocycles. The first-order valence-corrected chi connectivity index (χ1v) is 6.34. The topological polar surface area (TPSA) is 65.7 Å². The fraction of sp³-hybridized carbons (Fsp3) is 0.615. The van der Waals surface area contributed by atoms with E-state index >= 15 is 0 Å². The third-order valence-electron chi connectivity index (χ3n) is 3.47. The number of nitrogens with one attached hydrogen (secondary N) is 1. The summed E-state index contributed by atoms with van der Waals surface area (Å²) in [6.45, 7) is 4.20. The Bertz CT molecular complexity index is 408. The highest BCUT2D eigenvalue weighted by Gasteiger charge is 2.20. The van der Waals surface area contributed by atoms with Gasteiger partial charge in [0.25, 0.3) is 0 Å². The van der Waals surface area contributed by atoms with Crippen LogP contribution < -0.4 is 5.32 Å². The van der Waals surface area contributed by atoms with Gasteiger partial charge in [0.1, 0.15) is 5.76 Å². The van der Waals surface area contributed by atoms with E-state index in [2.05, 4.69) is 17.3 Å². The largest absolute Gasteiger partial charge is 0.475 e. The van der Waals surface area contributed by atoms with Crippen LogP contribution in [0.2, 0.25) is 0 Å². The van der Waals surface area contributed by atoms with E-state index < -0.39 is 5.97 Å². The third kappa shape index (κ3) is 3.11. The predicted molar refractivity (Wildman–Crippen MR) is 67.7 cm³/mol. The fourth-order valence-corrected chi connectivity index (χ4v) is 2.31. The smallest absolute Gasteiger partial charge is 0.371 e. The lowest BCUT2D eigenvalue weighted by Crippen LogP contribution is -2.41. The maximum absolute atomic E-state index is 10.7. The van der Waals surface area contributed by atoms with Crippen molar-refractivity contribution in [1.29, 1.82) is 0 Å². The average molecular weight is 252 g/mol. The van der Waals surface area contributed by atoms with Crippen LogP contribution in [0.4, 0.5) is 0 Å². The number of aromatic carboxylic acids is 1. The molecular formula is C13H20N2O3. The molecule has 2 N–H and O–H groups in total. The van der Waals surface area contributed by atoms with Gasteiger partial charge in [-0.15, -0.1) is 0 Å². The van der Waals surface area contributed by atoms with Gasteiger partial charge in [-0.3, -0.25) is 0 Å². The molecule has 0 bridgehead atoms. The van der Waals surface area contributed by atoms with Gasteiger partial charge >= 0.3 is 5.97 Å². The minimum Gasteiger partial charge on any atom is -0.475 e. The number of carboxylic acids is 1. The zero-order valence-corrected chi connectivity index (χ0v) is 10.8. The number of likely N-dealkylation sites (tertiary alicyclic amines) is 1. The number of hydrogen-bond donors (Lipinski definition) is 2. The molecule has 1 atom stereocenters. The molecule has 100 valence electrons. The Kier molecular flexibility index (Phi) is 4.04. The Labute approximate surface area is 107 Å². The van der Waals surface area contributed by atoms with Crippen LogP contribution in [0.5, 0.6) is 0 Å². The van der Waals surface area contributed by atoms with Crippen molar-refractivity contribution < 1.29 is 14.3 Å². The van der Waals surface area contributed by atoms with E-state index in [9.17, 15) is 4.79 Å². The van der Waals surface area contributed by atoms with Gasteiger partial charge in [-0.05, 0) is 52.0 Å². The number of furan rings is 1. The number of carbonyl (C=O) groups is 1. The van der Waals surface area contributed by atoms with Gasteiger partial charge in [-0.2, -0.15) is 0 Å². The molecule has 5 nitrogen and oxygen atoms in total. The van der Waals surface area contributed by atoms with Crippen LogP contribution in [0.3, 0.4) is 0 Å². The monoisotopic (exact) mass is 252 g/mol. The van der Waals surface area contributed by atoms with Crippen molar-refractivity contribution in [3.05, 3.63) is 23.7 Å². The highest BCUT2D eigenvalue weighted by atomic mass is 16.4. The number of carboxylic acid groups (broad SMARTS) is 1. The summed E-state index contributed by atoms with van der Waals surface area (Å²) in [7, 11) is 2.13. The van der Waals surface area contributed by atoms with Crippen LogP contribution in [-0.4, -0.2) is 42.2 Å². The first-order valence-electron chi connectivity index (χ1n) is 6.34. The van der Waals surface area contributed by atoms with Crippen molar-refractivity contribution in [3.63, 3.8) is 0 Å². The highest BCUT2D eigenvalue weighted by molar-refractivity contribution is 5.84. The summed E-state index contributed by atoms with van der Waals surface area (Å²) in [5, 5.41) is 12.3. The molecule has 1 aliphatic rings. The minimum atomic E-state index is -1.02. The normalized spacial score (nSPS) is 19.9. The Morgan fingerprint density at radius 1 is 1.50 bits per heavy atom. The molecule has 0 radical (unpaired) electrons. The lowest BCUT2D eigenvalue weighted by molar-refractivity contribution is 0.0659. The van der Waals surface area contributed by atoms with E-state index in [4.69, 9.17) is 9.52 Å². The first kappa shape index (κ1) is 13.1. The van der Waals surface area contributed by atoms with Gasteiger partial charge in [-0.25, -0.2) is 4.79 Å². The summed E-state index contributed by atoms with van der Waals surface area (Å²) >= 11 is 0. The molecule has 0 aliphatic carbocycles. The average Bonchev–Trinajstić information content (AvgIpc) is 2.81. The van der Waals surface area contributed by atoms with Crippen molar-refractivity contribution in [2.24, 2.45) is 0 Å². The summed E-state index contributed by atoms with van der Waals surface area (Å²) < 4.78 is 5.30. The SMILES string of the molecule is CC(NC1CCN(C)CC1)c1ccc(C(=O)O)o1. The van der Waals surface area contributed by atoms with Gasteiger partial charge in [0.05, 0.1) is 6.04 Å². The van der Waals surface area contributed by atoms with Gasteiger partial charge in [-0.1, -0.05) is 0 Å².